The summed E-state index contributed by atoms with van der Waals surface area (Å²) in [6.45, 7) is 12.3. The molecule has 0 fully saturated rings. The molecule has 0 spiro atoms. The van der Waals surface area contributed by atoms with Crippen LogP contribution in [0.3, 0.4) is 0 Å². The molecule has 16 heavy (non-hydrogen) atoms. The van der Waals surface area contributed by atoms with E-state index in [9.17, 15) is 0 Å². The second-order valence-electron chi connectivity index (χ2n) is 5.26. The minimum absolute atomic E-state index is 0.146. The van der Waals surface area contributed by atoms with E-state index in [0.717, 1.165) is 5.69 Å². The summed E-state index contributed by atoms with van der Waals surface area (Å²) < 4.78 is 1.90. The molecule has 1 aromatic heterocycles. The van der Waals surface area contributed by atoms with Crippen molar-refractivity contribution in [2.24, 2.45) is 7.05 Å². The number of hydroxylamine groups is 1. The van der Waals surface area contributed by atoms with E-state index < -0.39 is 0 Å². The van der Waals surface area contributed by atoms with Gasteiger partial charge in [-0.2, -0.15) is 10.6 Å². The molecule has 0 aliphatic rings. The van der Waals surface area contributed by atoms with Crippen LogP contribution in [0.25, 0.3) is 0 Å². The summed E-state index contributed by atoms with van der Waals surface area (Å²) in [5, 5.41) is 4.40. The zero-order valence-corrected chi connectivity index (χ0v) is 11.4. The molecular weight excluding hydrogens is 202 g/mol. The minimum Gasteiger partial charge on any atom is -0.296 e. The molecule has 0 amide bonds. The van der Waals surface area contributed by atoms with Gasteiger partial charge in [-0.3, -0.25) is 9.52 Å². The lowest BCUT2D eigenvalue weighted by atomic mass is 10.1. The third-order valence-electron chi connectivity index (χ3n) is 2.54. The molecule has 0 radical (unpaired) electrons. The summed E-state index contributed by atoms with van der Waals surface area (Å²) in [7, 11) is 1.96. The van der Waals surface area contributed by atoms with Crippen LogP contribution in [0, 0.1) is 13.8 Å². The fraction of sp³-hybridized carbons (Fsp3) is 0.750. The van der Waals surface area contributed by atoms with Gasteiger partial charge in [-0.15, -0.1) is 0 Å². The molecule has 92 valence electrons. The minimum atomic E-state index is -0.182. The summed E-state index contributed by atoms with van der Waals surface area (Å²) in [5.74, 6) is 0. The predicted octanol–water partition coefficient (Wildman–Crippen LogP) is 2.42. The Kier molecular flexibility index (Phi) is 3.76. The average molecular weight is 225 g/mol. The van der Waals surface area contributed by atoms with Crippen LogP contribution in [0.15, 0.2) is 0 Å². The first kappa shape index (κ1) is 13.2. The molecule has 0 bridgehead atoms. The highest BCUT2D eigenvalue weighted by Crippen LogP contribution is 2.21. The number of nitrogens with zero attached hydrogens (tertiary/aromatic N) is 2. The van der Waals surface area contributed by atoms with Gasteiger partial charge < -0.3 is 0 Å². The predicted molar refractivity (Wildman–Crippen MR) is 65.1 cm³/mol. The molecule has 4 nitrogen and oxygen atoms in total. The van der Waals surface area contributed by atoms with Gasteiger partial charge in [-0.1, -0.05) is 0 Å². The second kappa shape index (κ2) is 4.55. The maximum atomic E-state index is 5.58. The Balaban J connectivity index is 2.77. The number of rotatable bonds is 3. The summed E-state index contributed by atoms with van der Waals surface area (Å²) in [4.78, 5) is 5.58. The van der Waals surface area contributed by atoms with Crippen LogP contribution in [0.2, 0.25) is 0 Å². The van der Waals surface area contributed by atoms with E-state index in [1.807, 2.05) is 39.4 Å². The molecular formula is C12H23N3O. The van der Waals surface area contributed by atoms with Gasteiger partial charge in [0.15, 0.2) is 0 Å². The number of hydrogen-bond donors (Lipinski definition) is 1. The normalized spacial score (nSPS) is 14.2. The molecule has 1 N–H and O–H groups in total. The highest BCUT2D eigenvalue weighted by atomic mass is 16.7. The van der Waals surface area contributed by atoms with Gasteiger partial charge in [0.1, 0.15) is 0 Å². The number of aromatic nitrogens is 2. The Morgan fingerprint density at radius 2 is 1.88 bits per heavy atom. The van der Waals surface area contributed by atoms with Gasteiger partial charge in [0.05, 0.1) is 17.3 Å². The Labute approximate surface area is 97.9 Å². The largest absolute Gasteiger partial charge is 0.296 e. The van der Waals surface area contributed by atoms with Gasteiger partial charge >= 0.3 is 0 Å². The lowest BCUT2D eigenvalue weighted by Crippen LogP contribution is -2.31. The zero-order valence-electron chi connectivity index (χ0n) is 11.4. The maximum absolute atomic E-state index is 5.58. The molecule has 4 heteroatoms. The van der Waals surface area contributed by atoms with Crippen molar-refractivity contribution in [1.82, 2.24) is 15.3 Å². The van der Waals surface area contributed by atoms with E-state index in [1.54, 1.807) is 0 Å². The molecule has 1 heterocycles. The SMILES string of the molecule is Cc1nn(C)c(C)c1C(C)NOC(C)(C)C. The smallest absolute Gasteiger partial charge is 0.0813 e. The summed E-state index contributed by atoms with van der Waals surface area (Å²) in [6, 6.07) is 0.146. The fourth-order valence-electron chi connectivity index (χ4n) is 1.74. The fourth-order valence-corrected chi connectivity index (χ4v) is 1.74. The van der Waals surface area contributed by atoms with Gasteiger partial charge in [0.2, 0.25) is 0 Å². The summed E-state index contributed by atoms with van der Waals surface area (Å²) in [6.07, 6.45) is 0. The van der Waals surface area contributed by atoms with E-state index in [4.69, 9.17) is 4.84 Å². The molecule has 0 saturated carbocycles. The Morgan fingerprint density at radius 3 is 2.25 bits per heavy atom. The average Bonchev–Trinajstić information content (AvgIpc) is 2.36. The van der Waals surface area contributed by atoms with Crippen molar-refractivity contribution in [1.29, 1.82) is 0 Å². The van der Waals surface area contributed by atoms with Crippen molar-refractivity contribution in [3.8, 4) is 0 Å². The topological polar surface area (TPSA) is 39.1 Å². The van der Waals surface area contributed by atoms with Crippen LogP contribution < -0.4 is 5.48 Å². The Hall–Kier alpha value is -0.870. The van der Waals surface area contributed by atoms with Crippen LogP contribution in [0.5, 0.6) is 0 Å². The maximum Gasteiger partial charge on any atom is 0.0813 e. The van der Waals surface area contributed by atoms with Gasteiger partial charge in [-0.25, -0.2) is 0 Å². The highest BCUT2D eigenvalue weighted by Gasteiger charge is 2.18. The Morgan fingerprint density at radius 1 is 1.31 bits per heavy atom. The third kappa shape index (κ3) is 3.06. The first-order chi connectivity index (χ1) is 7.22. The molecule has 1 rings (SSSR count). The monoisotopic (exact) mass is 225 g/mol. The second-order valence-corrected chi connectivity index (χ2v) is 5.26. The van der Waals surface area contributed by atoms with E-state index in [2.05, 4.69) is 24.4 Å². The molecule has 1 atom stereocenters. The molecule has 1 aromatic rings. The third-order valence-corrected chi connectivity index (χ3v) is 2.54. The van der Waals surface area contributed by atoms with E-state index >= 15 is 0 Å². The van der Waals surface area contributed by atoms with Crippen molar-refractivity contribution in [2.75, 3.05) is 0 Å². The Bertz CT molecular complexity index is 363. The van der Waals surface area contributed by atoms with Crippen LogP contribution in [0.1, 0.15) is 50.7 Å². The highest BCUT2D eigenvalue weighted by molar-refractivity contribution is 5.27. The summed E-state index contributed by atoms with van der Waals surface area (Å²) in [5.41, 5.74) is 6.34. The molecule has 0 aromatic carbocycles. The van der Waals surface area contributed by atoms with Gasteiger partial charge in [0, 0.05) is 18.3 Å². The van der Waals surface area contributed by atoms with Crippen molar-refractivity contribution >= 4 is 0 Å². The van der Waals surface area contributed by atoms with Crippen LogP contribution in [-0.4, -0.2) is 15.4 Å². The van der Waals surface area contributed by atoms with E-state index in [1.165, 1.54) is 11.3 Å². The lowest BCUT2D eigenvalue weighted by molar-refractivity contribution is -0.0867. The van der Waals surface area contributed by atoms with Crippen LogP contribution in [0.4, 0.5) is 0 Å². The number of hydrogen-bond acceptors (Lipinski definition) is 3. The van der Waals surface area contributed by atoms with Gasteiger partial charge in [-0.05, 0) is 41.5 Å². The summed E-state index contributed by atoms with van der Waals surface area (Å²) >= 11 is 0. The van der Waals surface area contributed by atoms with Crippen molar-refractivity contribution < 1.29 is 4.84 Å². The zero-order chi connectivity index (χ0) is 12.5. The molecule has 0 saturated heterocycles. The van der Waals surface area contributed by atoms with Crippen molar-refractivity contribution in [3.05, 3.63) is 17.0 Å². The molecule has 0 aliphatic heterocycles. The van der Waals surface area contributed by atoms with Gasteiger partial charge in [0.25, 0.3) is 0 Å². The van der Waals surface area contributed by atoms with Crippen LogP contribution in [-0.2, 0) is 11.9 Å². The molecule has 0 aliphatic carbocycles. The van der Waals surface area contributed by atoms with Crippen molar-refractivity contribution in [2.45, 2.75) is 53.2 Å². The van der Waals surface area contributed by atoms with E-state index in [0.29, 0.717) is 0 Å². The number of nitrogens with one attached hydrogen (secondary N) is 1. The van der Waals surface area contributed by atoms with Crippen LogP contribution >= 0.6 is 0 Å². The first-order valence-corrected chi connectivity index (χ1v) is 5.66. The number of aryl methyl sites for hydroxylation is 2. The first-order valence-electron chi connectivity index (χ1n) is 5.66. The lowest BCUT2D eigenvalue weighted by Gasteiger charge is -2.23. The standard InChI is InChI=1S/C12H23N3O/c1-8-11(10(3)15(7)13-8)9(2)14-16-12(4,5)6/h9,14H,1-7H3. The molecule has 1 unspecified atom stereocenters. The quantitative estimate of drug-likeness (QED) is 0.803. The van der Waals surface area contributed by atoms with E-state index in [-0.39, 0.29) is 11.6 Å². The van der Waals surface area contributed by atoms with Crippen molar-refractivity contribution in [3.63, 3.8) is 0 Å².